The van der Waals surface area contributed by atoms with Gasteiger partial charge in [-0.15, -0.1) is 0 Å². The van der Waals surface area contributed by atoms with E-state index in [1.165, 1.54) is 11.4 Å². The Bertz CT molecular complexity index is 720. The second-order valence-corrected chi connectivity index (χ2v) is 6.22. The molecule has 6 heteroatoms. The van der Waals surface area contributed by atoms with Gasteiger partial charge in [-0.1, -0.05) is 0 Å². The number of nitrogens with zero attached hydrogens (tertiary/aromatic N) is 4. The molecule has 6 nitrogen and oxygen atoms in total. The Morgan fingerprint density at radius 1 is 0.800 bits per heavy atom. The summed E-state index contributed by atoms with van der Waals surface area (Å²) >= 11 is 0. The fourth-order valence-corrected chi connectivity index (χ4v) is 3.30. The average molecular weight is 337 g/mol. The summed E-state index contributed by atoms with van der Waals surface area (Å²) in [5.74, 6) is 0.903. The highest BCUT2D eigenvalue weighted by molar-refractivity contribution is 5.80. The number of piperazine rings is 1. The molecule has 1 N–H and O–H groups in total. The summed E-state index contributed by atoms with van der Waals surface area (Å²) < 4.78 is 5.24. The van der Waals surface area contributed by atoms with Crippen LogP contribution in [0.1, 0.15) is 0 Å². The molecule has 2 aromatic rings. The van der Waals surface area contributed by atoms with Crippen molar-refractivity contribution < 1.29 is 4.74 Å². The van der Waals surface area contributed by atoms with Gasteiger partial charge in [-0.25, -0.2) is 0 Å². The molecule has 2 aliphatic rings. The predicted molar refractivity (Wildman–Crippen MR) is 103 cm³/mol. The van der Waals surface area contributed by atoms with Crippen molar-refractivity contribution in [3.63, 3.8) is 0 Å². The lowest BCUT2D eigenvalue weighted by Crippen LogP contribution is -2.46. The topological polar surface area (TPSA) is 43.3 Å². The van der Waals surface area contributed by atoms with Crippen LogP contribution in [0, 0.1) is 0 Å². The number of anilines is 3. The molecule has 2 aliphatic heterocycles. The Hall–Kier alpha value is -2.89. The van der Waals surface area contributed by atoms with Crippen molar-refractivity contribution in [3.05, 3.63) is 48.5 Å². The van der Waals surface area contributed by atoms with Crippen LogP contribution in [0.25, 0.3) is 0 Å². The molecule has 1 fully saturated rings. The Kier molecular flexibility index (Phi) is 4.33. The van der Waals surface area contributed by atoms with Crippen molar-refractivity contribution in [1.82, 2.24) is 5.43 Å². The SMILES string of the molecule is COc1ccc(N2CCN(c3ccc(N4C=NNC4)cc3)CC2)cc1. The zero-order valence-corrected chi connectivity index (χ0v) is 14.4. The molecule has 0 spiro atoms. The van der Waals surface area contributed by atoms with Crippen LogP contribution in [-0.2, 0) is 0 Å². The lowest BCUT2D eigenvalue weighted by Gasteiger charge is -2.37. The summed E-state index contributed by atoms with van der Waals surface area (Å²) in [5, 5.41) is 4.03. The first kappa shape index (κ1) is 15.6. The van der Waals surface area contributed by atoms with Gasteiger partial charge in [0.1, 0.15) is 18.8 Å². The molecule has 0 aliphatic carbocycles. The number of ether oxygens (including phenoxy) is 1. The molecular weight excluding hydrogens is 314 g/mol. The lowest BCUT2D eigenvalue weighted by atomic mass is 10.2. The van der Waals surface area contributed by atoms with Crippen molar-refractivity contribution in [2.75, 3.05) is 54.7 Å². The van der Waals surface area contributed by atoms with Gasteiger partial charge >= 0.3 is 0 Å². The Balaban J connectivity index is 1.37. The Morgan fingerprint density at radius 3 is 1.80 bits per heavy atom. The molecule has 1 saturated heterocycles. The Morgan fingerprint density at radius 2 is 1.32 bits per heavy atom. The minimum absolute atomic E-state index is 0.736. The third-order valence-electron chi connectivity index (χ3n) is 4.79. The number of benzene rings is 2. The molecule has 0 saturated carbocycles. The van der Waals surface area contributed by atoms with E-state index < -0.39 is 0 Å². The van der Waals surface area contributed by atoms with E-state index in [0.29, 0.717) is 0 Å². The number of rotatable bonds is 4. The Labute approximate surface area is 148 Å². The molecule has 25 heavy (non-hydrogen) atoms. The van der Waals surface area contributed by atoms with E-state index in [4.69, 9.17) is 4.74 Å². The summed E-state index contributed by atoms with van der Waals surface area (Å²) in [4.78, 5) is 6.96. The van der Waals surface area contributed by atoms with Gasteiger partial charge in [0, 0.05) is 43.2 Å². The summed E-state index contributed by atoms with van der Waals surface area (Å²) in [6, 6.07) is 17.0. The van der Waals surface area contributed by atoms with E-state index in [2.05, 4.69) is 61.6 Å². The van der Waals surface area contributed by atoms with Crippen molar-refractivity contribution >= 4 is 23.4 Å². The quantitative estimate of drug-likeness (QED) is 0.928. The maximum absolute atomic E-state index is 5.24. The summed E-state index contributed by atoms with van der Waals surface area (Å²) in [7, 11) is 1.70. The maximum Gasteiger partial charge on any atom is 0.119 e. The monoisotopic (exact) mass is 337 g/mol. The fraction of sp³-hybridized carbons (Fsp3) is 0.316. The normalized spacial score (nSPS) is 16.9. The van der Waals surface area contributed by atoms with Gasteiger partial charge in [-0.2, -0.15) is 5.10 Å². The molecule has 2 aromatic carbocycles. The first-order valence-electron chi connectivity index (χ1n) is 8.60. The summed E-state index contributed by atoms with van der Waals surface area (Å²) in [6.45, 7) is 4.84. The largest absolute Gasteiger partial charge is 0.497 e. The number of hydrogen-bond donors (Lipinski definition) is 1. The molecule has 0 amide bonds. The fourth-order valence-electron chi connectivity index (χ4n) is 3.30. The molecule has 0 atom stereocenters. The molecule has 2 heterocycles. The van der Waals surface area contributed by atoms with E-state index in [1.54, 1.807) is 7.11 Å². The van der Waals surface area contributed by atoms with Crippen LogP contribution in [0.2, 0.25) is 0 Å². The minimum atomic E-state index is 0.736. The number of methoxy groups -OCH3 is 1. The van der Waals surface area contributed by atoms with Gasteiger partial charge in [-0.05, 0) is 48.5 Å². The standard InChI is InChI=1S/C19H23N5O/c1-25-19-8-6-17(7-9-19)23-12-10-22(11-13-23)16-2-4-18(5-3-16)24-14-20-21-15-24/h2-9,14,21H,10-13,15H2,1H3. The van der Waals surface area contributed by atoms with E-state index >= 15 is 0 Å². The van der Waals surface area contributed by atoms with E-state index in [0.717, 1.165) is 44.3 Å². The molecule has 0 unspecified atom stereocenters. The van der Waals surface area contributed by atoms with Gasteiger partial charge in [0.05, 0.1) is 7.11 Å². The van der Waals surface area contributed by atoms with Crippen LogP contribution in [-0.4, -0.2) is 46.3 Å². The zero-order valence-electron chi connectivity index (χ0n) is 14.4. The molecule has 0 aromatic heterocycles. The van der Waals surface area contributed by atoms with Crippen LogP contribution in [0.4, 0.5) is 17.1 Å². The van der Waals surface area contributed by atoms with Crippen LogP contribution in [0.3, 0.4) is 0 Å². The van der Waals surface area contributed by atoms with Gasteiger partial charge in [0.15, 0.2) is 0 Å². The van der Waals surface area contributed by atoms with Crippen molar-refractivity contribution in [2.24, 2.45) is 5.10 Å². The molecule has 130 valence electrons. The van der Waals surface area contributed by atoms with Crippen molar-refractivity contribution in [1.29, 1.82) is 0 Å². The highest BCUT2D eigenvalue weighted by Gasteiger charge is 2.18. The van der Waals surface area contributed by atoms with Crippen LogP contribution in [0.15, 0.2) is 53.6 Å². The van der Waals surface area contributed by atoms with Crippen LogP contribution < -0.4 is 24.9 Å². The minimum Gasteiger partial charge on any atom is -0.497 e. The third kappa shape index (κ3) is 3.33. The molecule has 0 bridgehead atoms. The predicted octanol–water partition coefficient (Wildman–Crippen LogP) is 2.33. The molecule has 0 radical (unpaired) electrons. The van der Waals surface area contributed by atoms with E-state index in [9.17, 15) is 0 Å². The maximum atomic E-state index is 5.24. The highest BCUT2D eigenvalue weighted by Crippen LogP contribution is 2.24. The number of hydrogen-bond acceptors (Lipinski definition) is 6. The van der Waals surface area contributed by atoms with Gasteiger partial charge in [0.2, 0.25) is 0 Å². The van der Waals surface area contributed by atoms with E-state index in [1.807, 2.05) is 18.5 Å². The zero-order chi connectivity index (χ0) is 17.1. The number of nitrogens with one attached hydrogen (secondary N) is 1. The number of hydrazone groups is 1. The first-order chi connectivity index (χ1) is 12.3. The van der Waals surface area contributed by atoms with Gasteiger partial charge in [-0.3, -0.25) is 5.43 Å². The summed E-state index contributed by atoms with van der Waals surface area (Å²) in [6.07, 6.45) is 1.82. The second kappa shape index (κ2) is 6.93. The average Bonchev–Trinajstić information content (AvgIpc) is 3.23. The lowest BCUT2D eigenvalue weighted by molar-refractivity contribution is 0.415. The van der Waals surface area contributed by atoms with Crippen LogP contribution >= 0.6 is 0 Å². The third-order valence-corrected chi connectivity index (χ3v) is 4.79. The first-order valence-corrected chi connectivity index (χ1v) is 8.60. The second-order valence-electron chi connectivity index (χ2n) is 6.22. The van der Waals surface area contributed by atoms with Crippen molar-refractivity contribution in [3.8, 4) is 5.75 Å². The summed E-state index contributed by atoms with van der Waals surface area (Å²) in [5.41, 5.74) is 6.65. The van der Waals surface area contributed by atoms with Crippen molar-refractivity contribution in [2.45, 2.75) is 0 Å². The van der Waals surface area contributed by atoms with Gasteiger partial charge < -0.3 is 19.4 Å². The van der Waals surface area contributed by atoms with Crippen LogP contribution in [0.5, 0.6) is 5.75 Å². The molecule has 4 rings (SSSR count). The molecular formula is C19H23N5O. The van der Waals surface area contributed by atoms with Gasteiger partial charge in [0.25, 0.3) is 0 Å². The van der Waals surface area contributed by atoms with E-state index in [-0.39, 0.29) is 0 Å². The highest BCUT2D eigenvalue weighted by atomic mass is 16.5. The smallest absolute Gasteiger partial charge is 0.119 e.